The van der Waals surface area contributed by atoms with Crippen LogP contribution in [0.15, 0.2) is 71.3 Å². The van der Waals surface area contributed by atoms with Crippen LogP contribution in [0, 0.1) is 11.6 Å². The lowest BCUT2D eigenvalue weighted by molar-refractivity contribution is -0.128. The summed E-state index contributed by atoms with van der Waals surface area (Å²) in [6, 6.07) is 11.0. The maximum Gasteiger partial charge on any atom is 0.274 e. The Morgan fingerprint density at radius 3 is 2.52 bits per heavy atom. The van der Waals surface area contributed by atoms with E-state index in [1.54, 1.807) is 0 Å². The maximum absolute atomic E-state index is 14.6. The Labute approximate surface area is 188 Å². The van der Waals surface area contributed by atoms with Gasteiger partial charge in [0.05, 0.1) is 11.3 Å². The first kappa shape index (κ1) is 22.1. The van der Waals surface area contributed by atoms with E-state index in [0.717, 1.165) is 10.7 Å². The van der Waals surface area contributed by atoms with Crippen molar-refractivity contribution in [2.75, 3.05) is 12.4 Å². The number of hydrogen-bond acceptors (Lipinski definition) is 4. The van der Waals surface area contributed by atoms with Crippen molar-refractivity contribution in [1.82, 2.24) is 14.7 Å². The van der Waals surface area contributed by atoms with Gasteiger partial charge in [-0.05, 0) is 41.5 Å². The molecule has 168 valence electrons. The predicted molar refractivity (Wildman–Crippen MR) is 118 cm³/mol. The van der Waals surface area contributed by atoms with Gasteiger partial charge >= 0.3 is 0 Å². The summed E-state index contributed by atoms with van der Waals surface area (Å²) in [4.78, 5) is 39.1. The highest BCUT2D eigenvalue weighted by molar-refractivity contribution is 6.06. The standard InChI is InChI=1S/C24H20F2N4O3/c1-29-13-19(18(12-22(29)31)14-3-6-16(25)7-4-14)23(32)28-21-11-15(5-8-20(21)26)17-9-10-27-30(2)24(17)33/h3-11,13,18H,12H2,1-2H3,(H,28,32)/t18-/m0/s1. The molecule has 33 heavy (non-hydrogen) atoms. The van der Waals surface area contributed by atoms with Crippen molar-refractivity contribution in [2.45, 2.75) is 12.3 Å². The van der Waals surface area contributed by atoms with Crippen molar-refractivity contribution < 1.29 is 18.4 Å². The van der Waals surface area contributed by atoms with Gasteiger partial charge in [0.1, 0.15) is 11.6 Å². The van der Waals surface area contributed by atoms with Crippen molar-refractivity contribution in [3.05, 3.63) is 94.1 Å². The molecule has 2 aromatic carbocycles. The third-order valence-corrected chi connectivity index (χ3v) is 5.55. The first-order valence-electron chi connectivity index (χ1n) is 10.1. The van der Waals surface area contributed by atoms with Crippen LogP contribution < -0.4 is 10.9 Å². The topological polar surface area (TPSA) is 84.3 Å². The summed E-state index contributed by atoms with van der Waals surface area (Å²) in [5, 5.41) is 6.42. The second-order valence-corrected chi connectivity index (χ2v) is 7.72. The van der Waals surface area contributed by atoms with Crippen LogP contribution in [0.2, 0.25) is 0 Å². The number of amides is 2. The van der Waals surface area contributed by atoms with Crippen LogP contribution in [0.5, 0.6) is 0 Å². The number of halogens is 2. The second kappa shape index (κ2) is 8.78. The molecule has 0 fully saturated rings. The third-order valence-electron chi connectivity index (χ3n) is 5.55. The van der Waals surface area contributed by atoms with E-state index in [1.165, 1.54) is 73.9 Å². The zero-order valence-electron chi connectivity index (χ0n) is 17.9. The second-order valence-electron chi connectivity index (χ2n) is 7.72. The largest absolute Gasteiger partial charge is 0.322 e. The molecule has 2 amide bonds. The first-order valence-corrected chi connectivity index (χ1v) is 10.1. The lowest BCUT2D eigenvalue weighted by atomic mass is 9.85. The molecule has 0 aliphatic carbocycles. The summed E-state index contributed by atoms with van der Waals surface area (Å²) >= 11 is 0. The van der Waals surface area contributed by atoms with Crippen LogP contribution >= 0.6 is 0 Å². The van der Waals surface area contributed by atoms with Gasteiger partial charge in [-0.15, -0.1) is 0 Å². The average Bonchev–Trinajstić information content (AvgIpc) is 2.79. The monoisotopic (exact) mass is 450 g/mol. The van der Waals surface area contributed by atoms with Crippen molar-refractivity contribution in [3.8, 4) is 11.1 Å². The van der Waals surface area contributed by atoms with E-state index < -0.39 is 23.5 Å². The number of nitrogens with zero attached hydrogens (tertiary/aromatic N) is 3. The van der Waals surface area contributed by atoms with E-state index in [0.29, 0.717) is 16.7 Å². The molecule has 9 heteroatoms. The fourth-order valence-electron chi connectivity index (χ4n) is 3.72. The van der Waals surface area contributed by atoms with E-state index in [-0.39, 0.29) is 29.1 Å². The maximum atomic E-state index is 14.6. The van der Waals surface area contributed by atoms with Crippen LogP contribution in [-0.2, 0) is 16.6 Å². The van der Waals surface area contributed by atoms with Gasteiger partial charge in [0.15, 0.2) is 0 Å². The molecule has 1 atom stereocenters. The number of aromatic nitrogens is 2. The van der Waals surface area contributed by atoms with Crippen LogP contribution in [0.1, 0.15) is 17.9 Å². The minimum atomic E-state index is -0.683. The summed E-state index contributed by atoms with van der Waals surface area (Å²) in [6.45, 7) is 0. The molecular weight excluding hydrogens is 430 g/mol. The van der Waals surface area contributed by atoms with Crippen molar-refractivity contribution in [2.24, 2.45) is 7.05 Å². The Hall–Kier alpha value is -4.14. The summed E-state index contributed by atoms with van der Waals surface area (Å²) in [7, 11) is 3.03. The average molecular weight is 450 g/mol. The zero-order valence-corrected chi connectivity index (χ0v) is 17.9. The molecule has 0 saturated heterocycles. The third kappa shape index (κ3) is 4.43. The quantitative estimate of drug-likeness (QED) is 0.662. The summed E-state index contributed by atoms with van der Waals surface area (Å²) < 4.78 is 29.1. The minimum absolute atomic E-state index is 0.0109. The first-order chi connectivity index (χ1) is 15.7. The summed E-state index contributed by atoms with van der Waals surface area (Å²) in [5.41, 5.74) is 1.05. The van der Waals surface area contributed by atoms with Gasteiger partial charge in [0.25, 0.3) is 11.5 Å². The Morgan fingerprint density at radius 2 is 1.79 bits per heavy atom. The molecule has 3 aromatic rings. The van der Waals surface area contributed by atoms with Gasteiger partial charge < -0.3 is 10.2 Å². The molecule has 1 aliphatic heterocycles. The van der Waals surface area contributed by atoms with E-state index in [2.05, 4.69) is 10.4 Å². The Balaban J connectivity index is 1.68. The van der Waals surface area contributed by atoms with Gasteiger partial charge in [-0.1, -0.05) is 18.2 Å². The summed E-state index contributed by atoms with van der Waals surface area (Å²) in [6.07, 6.45) is 2.86. The van der Waals surface area contributed by atoms with Crippen molar-refractivity contribution in [1.29, 1.82) is 0 Å². The summed E-state index contributed by atoms with van der Waals surface area (Å²) in [5.74, 6) is -2.55. The lowest BCUT2D eigenvalue weighted by Crippen LogP contribution is -2.33. The van der Waals surface area contributed by atoms with Crippen LogP contribution in [0.25, 0.3) is 11.1 Å². The number of nitrogens with one attached hydrogen (secondary N) is 1. The SMILES string of the molecule is CN1C=C(C(=O)Nc2cc(-c3ccnn(C)c3=O)ccc2F)[C@H](c2ccc(F)cc2)CC1=O. The lowest BCUT2D eigenvalue weighted by Gasteiger charge is -2.28. The number of anilines is 1. The van der Waals surface area contributed by atoms with Gasteiger partial charge in [-0.2, -0.15) is 5.10 Å². The van der Waals surface area contributed by atoms with Crippen LogP contribution in [0.3, 0.4) is 0 Å². The molecule has 0 bridgehead atoms. The molecule has 0 radical (unpaired) electrons. The number of hydrogen-bond donors (Lipinski definition) is 1. The van der Waals surface area contributed by atoms with Crippen molar-refractivity contribution in [3.63, 3.8) is 0 Å². The Morgan fingerprint density at radius 1 is 1.06 bits per heavy atom. The van der Waals surface area contributed by atoms with Crippen LogP contribution in [0.4, 0.5) is 14.5 Å². The molecule has 2 heterocycles. The van der Waals surface area contributed by atoms with Gasteiger partial charge in [-0.3, -0.25) is 14.4 Å². The minimum Gasteiger partial charge on any atom is -0.322 e. The number of benzene rings is 2. The number of aryl methyl sites for hydroxylation is 1. The zero-order chi connectivity index (χ0) is 23.7. The fourth-order valence-corrected chi connectivity index (χ4v) is 3.72. The van der Waals surface area contributed by atoms with E-state index in [4.69, 9.17) is 0 Å². The molecule has 1 N–H and O–H groups in total. The number of carbonyl (C=O) groups excluding carboxylic acids is 2. The van der Waals surface area contributed by atoms with E-state index in [1.807, 2.05) is 0 Å². The highest BCUT2D eigenvalue weighted by atomic mass is 19.1. The smallest absolute Gasteiger partial charge is 0.274 e. The Kier molecular flexibility index (Phi) is 5.87. The van der Waals surface area contributed by atoms with E-state index >= 15 is 0 Å². The van der Waals surface area contributed by atoms with Gasteiger partial charge in [0, 0.05) is 44.4 Å². The Bertz CT molecular complexity index is 1330. The predicted octanol–water partition coefficient (Wildman–Crippen LogP) is 3.19. The molecule has 0 unspecified atom stereocenters. The van der Waals surface area contributed by atoms with Crippen molar-refractivity contribution >= 4 is 17.5 Å². The van der Waals surface area contributed by atoms with Crippen LogP contribution in [-0.4, -0.2) is 33.5 Å². The molecule has 0 spiro atoms. The molecule has 0 saturated carbocycles. The fraction of sp³-hybridized carbons (Fsp3) is 0.167. The molecular formula is C24H20F2N4O3. The van der Waals surface area contributed by atoms with E-state index in [9.17, 15) is 23.2 Å². The molecule has 7 nitrogen and oxygen atoms in total. The normalized spacial score (nSPS) is 15.9. The number of carbonyl (C=O) groups is 2. The number of rotatable bonds is 4. The molecule has 1 aromatic heterocycles. The molecule has 1 aliphatic rings. The highest BCUT2D eigenvalue weighted by Crippen LogP contribution is 2.34. The molecule has 4 rings (SSSR count). The van der Waals surface area contributed by atoms with Gasteiger partial charge in [-0.25, -0.2) is 13.5 Å². The van der Waals surface area contributed by atoms with Gasteiger partial charge in [0.2, 0.25) is 5.91 Å². The highest BCUT2D eigenvalue weighted by Gasteiger charge is 2.31.